The highest BCUT2D eigenvalue weighted by Crippen LogP contribution is 2.20. The van der Waals surface area contributed by atoms with Gasteiger partial charge in [0.25, 0.3) is 0 Å². The predicted molar refractivity (Wildman–Crippen MR) is 69.2 cm³/mol. The Morgan fingerprint density at radius 1 is 1.29 bits per heavy atom. The van der Waals surface area contributed by atoms with Gasteiger partial charge in [0.15, 0.2) is 9.84 Å². The molecule has 0 radical (unpaired) electrons. The van der Waals surface area contributed by atoms with Crippen LogP contribution in [0, 0.1) is 0 Å². The number of nitrogens with zero attached hydrogens (tertiary/aromatic N) is 2. The van der Waals surface area contributed by atoms with Crippen LogP contribution in [-0.2, 0) is 9.84 Å². The van der Waals surface area contributed by atoms with Gasteiger partial charge < -0.3 is 4.90 Å². The third-order valence-electron chi connectivity index (χ3n) is 3.10. The average Bonchev–Trinajstić information content (AvgIpc) is 2.29. The summed E-state index contributed by atoms with van der Waals surface area (Å²) in [4.78, 5) is 6.37. The molecule has 0 N–H and O–H groups in total. The molecule has 94 valence electrons. The van der Waals surface area contributed by atoms with E-state index in [2.05, 4.69) is 24.9 Å². The third kappa shape index (κ3) is 2.97. The summed E-state index contributed by atoms with van der Waals surface area (Å²) in [5, 5.41) is 0. The molecule has 1 aliphatic heterocycles. The van der Waals surface area contributed by atoms with Gasteiger partial charge in [0.05, 0.1) is 11.5 Å². The summed E-state index contributed by atoms with van der Waals surface area (Å²) in [7, 11) is -2.82. The van der Waals surface area contributed by atoms with Crippen molar-refractivity contribution in [2.75, 3.05) is 29.5 Å². The lowest BCUT2D eigenvalue weighted by Gasteiger charge is -2.28. The van der Waals surface area contributed by atoms with E-state index >= 15 is 0 Å². The first-order chi connectivity index (χ1) is 7.98. The van der Waals surface area contributed by atoms with Crippen LogP contribution in [0.1, 0.15) is 25.3 Å². The van der Waals surface area contributed by atoms with Crippen molar-refractivity contribution in [3.63, 3.8) is 0 Å². The van der Waals surface area contributed by atoms with E-state index in [-0.39, 0.29) is 11.5 Å². The van der Waals surface area contributed by atoms with Crippen LogP contribution in [0.5, 0.6) is 0 Å². The molecule has 2 rings (SSSR count). The molecule has 1 fully saturated rings. The first-order valence-corrected chi connectivity index (χ1v) is 7.71. The molecule has 0 aliphatic carbocycles. The van der Waals surface area contributed by atoms with Gasteiger partial charge in [0.2, 0.25) is 0 Å². The van der Waals surface area contributed by atoms with Crippen molar-refractivity contribution in [1.29, 1.82) is 0 Å². The normalized spacial score (nSPS) is 19.6. The molecule has 17 heavy (non-hydrogen) atoms. The molecular formula is C12H18N2O2S. The minimum atomic E-state index is -2.82. The van der Waals surface area contributed by atoms with Gasteiger partial charge >= 0.3 is 0 Å². The molecule has 0 aromatic carbocycles. The Morgan fingerprint density at radius 2 is 1.94 bits per heavy atom. The van der Waals surface area contributed by atoms with E-state index in [4.69, 9.17) is 0 Å². The number of rotatable bonds is 2. The standard InChI is InChI=1S/C12H18N2O2S/c1-10(2)11-3-4-13-12(9-11)14-5-7-17(15,16)8-6-14/h3-4,9-10H,5-8H2,1-2H3. The number of hydrogen-bond acceptors (Lipinski definition) is 4. The summed E-state index contributed by atoms with van der Waals surface area (Å²) in [6.07, 6.45) is 1.80. The molecule has 0 unspecified atom stereocenters. The van der Waals surface area contributed by atoms with Crippen molar-refractivity contribution >= 4 is 15.7 Å². The fourth-order valence-electron chi connectivity index (χ4n) is 1.91. The maximum absolute atomic E-state index is 11.4. The number of anilines is 1. The number of pyridine rings is 1. The van der Waals surface area contributed by atoms with Gasteiger partial charge in [-0.25, -0.2) is 13.4 Å². The Balaban J connectivity index is 2.16. The van der Waals surface area contributed by atoms with Gasteiger partial charge in [-0.05, 0) is 23.6 Å². The minimum absolute atomic E-state index is 0.237. The van der Waals surface area contributed by atoms with E-state index in [1.807, 2.05) is 11.0 Å². The monoisotopic (exact) mass is 254 g/mol. The second kappa shape index (κ2) is 4.64. The maximum Gasteiger partial charge on any atom is 0.153 e. The van der Waals surface area contributed by atoms with Crippen molar-refractivity contribution in [3.05, 3.63) is 23.9 Å². The third-order valence-corrected chi connectivity index (χ3v) is 4.71. The molecule has 1 saturated heterocycles. The molecule has 5 heteroatoms. The van der Waals surface area contributed by atoms with E-state index < -0.39 is 9.84 Å². The summed E-state index contributed by atoms with van der Waals surface area (Å²) in [6, 6.07) is 4.07. The van der Waals surface area contributed by atoms with Crippen LogP contribution in [-0.4, -0.2) is 38.0 Å². The molecule has 1 aromatic heterocycles. The fraction of sp³-hybridized carbons (Fsp3) is 0.583. The van der Waals surface area contributed by atoms with Crippen LogP contribution in [0.3, 0.4) is 0 Å². The maximum atomic E-state index is 11.4. The first kappa shape index (κ1) is 12.4. The lowest BCUT2D eigenvalue weighted by atomic mass is 10.1. The number of sulfone groups is 1. The Hall–Kier alpha value is -1.10. The highest BCUT2D eigenvalue weighted by Gasteiger charge is 2.22. The van der Waals surface area contributed by atoms with E-state index in [1.165, 1.54) is 5.56 Å². The average molecular weight is 254 g/mol. The molecule has 1 aromatic rings. The van der Waals surface area contributed by atoms with Crippen LogP contribution >= 0.6 is 0 Å². The Labute approximate surface area is 103 Å². The number of hydrogen-bond donors (Lipinski definition) is 0. The van der Waals surface area contributed by atoms with Crippen LogP contribution in [0.2, 0.25) is 0 Å². The summed E-state index contributed by atoms with van der Waals surface area (Å²) in [6.45, 7) is 5.38. The van der Waals surface area contributed by atoms with Crippen molar-refractivity contribution in [3.8, 4) is 0 Å². The number of aromatic nitrogens is 1. The van der Waals surface area contributed by atoms with Crippen LogP contribution < -0.4 is 4.90 Å². The lowest BCUT2D eigenvalue weighted by Crippen LogP contribution is -2.40. The topological polar surface area (TPSA) is 50.3 Å². The zero-order valence-electron chi connectivity index (χ0n) is 10.3. The zero-order valence-corrected chi connectivity index (χ0v) is 11.1. The van der Waals surface area contributed by atoms with Crippen LogP contribution in [0.4, 0.5) is 5.82 Å². The molecule has 0 atom stereocenters. The van der Waals surface area contributed by atoms with Crippen molar-refractivity contribution in [2.45, 2.75) is 19.8 Å². The highest BCUT2D eigenvalue weighted by atomic mass is 32.2. The summed E-state index contributed by atoms with van der Waals surface area (Å²) >= 11 is 0. The van der Waals surface area contributed by atoms with E-state index in [1.54, 1.807) is 6.20 Å². The van der Waals surface area contributed by atoms with E-state index in [9.17, 15) is 8.42 Å². The predicted octanol–water partition coefficient (Wildman–Crippen LogP) is 1.44. The van der Waals surface area contributed by atoms with E-state index in [0.717, 1.165) is 5.82 Å². The molecule has 2 heterocycles. The van der Waals surface area contributed by atoms with Gasteiger partial charge in [0, 0.05) is 19.3 Å². The molecule has 0 amide bonds. The summed E-state index contributed by atoms with van der Waals surface area (Å²) < 4.78 is 22.7. The first-order valence-electron chi connectivity index (χ1n) is 5.89. The van der Waals surface area contributed by atoms with Crippen molar-refractivity contribution in [1.82, 2.24) is 4.98 Å². The fourth-order valence-corrected chi connectivity index (χ4v) is 3.11. The molecule has 4 nitrogen and oxygen atoms in total. The van der Waals surface area contributed by atoms with E-state index in [0.29, 0.717) is 19.0 Å². The smallest absolute Gasteiger partial charge is 0.153 e. The molecule has 0 saturated carbocycles. The molecular weight excluding hydrogens is 236 g/mol. The van der Waals surface area contributed by atoms with Gasteiger partial charge in [-0.15, -0.1) is 0 Å². The minimum Gasteiger partial charge on any atom is -0.355 e. The summed E-state index contributed by atoms with van der Waals surface area (Å²) in [5.41, 5.74) is 1.24. The Morgan fingerprint density at radius 3 is 2.53 bits per heavy atom. The lowest BCUT2D eigenvalue weighted by molar-refractivity contribution is 0.586. The molecule has 1 aliphatic rings. The van der Waals surface area contributed by atoms with Gasteiger partial charge in [-0.3, -0.25) is 0 Å². The van der Waals surface area contributed by atoms with Crippen molar-refractivity contribution < 1.29 is 8.42 Å². The molecule has 0 bridgehead atoms. The van der Waals surface area contributed by atoms with Gasteiger partial charge in [-0.2, -0.15) is 0 Å². The quantitative estimate of drug-likeness (QED) is 0.801. The van der Waals surface area contributed by atoms with Crippen LogP contribution in [0.15, 0.2) is 18.3 Å². The van der Waals surface area contributed by atoms with Gasteiger partial charge in [0.1, 0.15) is 5.82 Å². The largest absolute Gasteiger partial charge is 0.355 e. The van der Waals surface area contributed by atoms with Crippen LogP contribution in [0.25, 0.3) is 0 Å². The molecule has 0 spiro atoms. The Bertz CT molecular complexity index is 483. The SMILES string of the molecule is CC(C)c1ccnc(N2CCS(=O)(=O)CC2)c1. The van der Waals surface area contributed by atoms with Crippen molar-refractivity contribution in [2.24, 2.45) is 0 Å². The second-order valence-electron chi connectivity index (χ2n) is 4.74. The highest BCUT2D eigenvalue weighted by molar-refractivity contribution is 7.91. The van der Waals surface area contributed by atoms with Gasteiger partial charge in [-0.1, -0.05) is 13.8 Å². The zero-order chi connectivity index (χ0) is 12.5. The summed E-state index contributed by atoms with van der Waals surface area (Å²) in [5.74, 6) is 1.83. The second-order valence-corrected chi connectivity index (χ2v) is 7.04. The Kier molecular flexibility index (Phi) is 3.38.